The summed E-state index contributed by atoms with van der Waals surface area (Å²) in [6, 6.07) is 0. The molecule has 0 bridgehead atoms. The molecule has 0 radical (unpaired) electrons. The second-order valence-corrected chi connectivity index (χ2v) is 7.00. The number of imidazole rings is 1. The molecular weight excluding hydrogens is 312 g/mol. The van der Waals surface area contributed by atoms with Crippen molar-refractivity contribution in [3.8, 4) is 0 Å². The molecule has 0 amide bonds. The third-order valence-electron chi connectivity index (χ3n) is 4.61. The Labute approximate surface area is 138 Å². The zero-order chi connectivity index (χ0) is 15.8. The Bertz CT molecular complexity index is 779. The van der Waals surface area contributed by atoms with Gasteiger partial charge in [0.15, 0.2) is 5.16 Å². The largest absolute Gasteiger partial charge is 0.380 e. The summed E-state index contributed by atoms with van der Waals surface area (Å²) in [5, 5.41) is 0.718. The number of aryl methyl sites for hydroxylation is 2. The maximum absolute atomic E-state index is 12.1. The Balaban J connectivity index is 1.56. The summed E-state index contributed by atoms with van der Waals surface area (Å²) in [5.41, 5.74) is 4.24. The van der Waals surface area contributed by atoms with Crippen molar-refractivity contribution in [2.75, 3.05) is 13.2 Å². The van der Waals surface area contributed by atoms with Gasteiger partial charge in [0.05, 0.1) is 36.6 Å². The Morgan fingerprint density at radius 3 is 3.04 bits per heavy atom. The molecule has 122 valence electrons. The van der Waals surface area contributed by atoms with Crippen LogP contribution in [0.25, 0.3) is 0 Å². The number of aromatic amines is 1. The monoisotopic (exact) mass is 332 g/mol. The van der Waals surface area contributed by atoms with E-state index in [2.05, 4.69) is 26.4 Å². The molecule has 1 N–H and O–H groups in total. The van der Waals surface area contributed by atoms with E-state index in [-0.39, 0.29) is 5.56 Å². The highest BCUT2D eigenvalue weighted by atomic mass is 32.2. The third kappa shape index (κ3) is 2.72. The number of fused-ring (bicyclic) bond motifs is 1. The molecule has 0 saturated carbocycles. The summed E-state index contributed by atoms with van der Waals surface area (Å²) in [5.74, 6) is 1.17. The normalized spacial score (nSPS) is 17.3. The van der Waals surface area contributed by atoms with E-state index in [1.807, 2.05) is 6.33 Å². The average Bonchev–Trinajstić information content (AvgIpc) is 3.10. The second-order valence-electron chi connectivity index (χ2n) is 6.04. The summed E-state index contributed by atoms with van der Waals surface area (Å²) in [4.78, 5) is 24.2. The van der Waals surface area contributed by atoms with Gasteiger partial charge in [0.25, 0.3) is 5.56 Å². The maximum Gasteiger partial charge on any atom is 0.254 e. The minimum Gasteiger partial charge on any atom is -0.380 e. The minimum absolute atomic E-state index is 0.0339. The maximum atomic E-state index is 12.1. The van der Waals surface area contributed by atoms with E-state index >= 15 is 0 Å². The van der Waals surface area contributed by atoms with E-state index in [0.717, 1.165) is 66.9 Å². The van der Waals surface area contributed by atoms with Gasteiger partial charge in [-0.25, -0.2) is 9.97 Å². The molecule has 0 unspecified atom stereocenters. The summed E-state index contributed by atoms with van der Waals surface area (Å²) in [6.45, 7) is 4.52. The standard InChI is InChI=1S/C16H20N4O2S/c1-2-20-9-17-14(10-6-22-7-10)13(20)8-23-16-18-12-5-3-4-11(12)15(21)19-16/h9-10H,2-8H2,1H3,(H,18,19,21). The lowest BCUT2D eigenvalue weighted by atomic mass is 10.0. The minimum atomic E-state index is 0.0339. The summed E-state index contributed by atoms with van der Waals surface area (Å²) in [7, 11) is 0. The van der Waals surface area contributed by atoms with E-state index in [9.17, 15) is 4.79 Å². The van der Waals surface area contributed by atoms with Crippen LogP contribution in [0.4, 0.5) is 0 Å². The van der Waals surface area contributed by atoms with Gasteiger partial charge < -0.3 is 14.3 Å². The van der Waals surface area contributed by atoms with Gasteiger partial charge in [0, 0.05) is 23.8 Å². The van der Waals surface area contributed by atoms with Crippen LogP contribution in [-0.4, -0.2) is 32.7 Å². The highest BCUT2D eigenvalue weighted by Gasteiger charge is 2.27. The number of nitrogens with one attached hydrogen (secondary N) is 1. The van der Waals surface area contributed by atoms with Crippen molar-refractivity contribution in [1.82, 2.24) is 19.5 Å². The van der Waals surface area contributed by atoms with Crippen molar-refractivity contribution < 1.29 is 4.74 Å². The molecule has 7 heteroatoms. The lowest BCUT2D eigenvalue weighted by Crippen LogP contribution is -2.26. The highest BCUT2D eigenvalue weighted by molar-refractivity contribution is 7.98. The van der Waals surface area contributed by atoms with Crippen molar-refractivity contribution in [2.45, 2.75) is 49.6 Å². The molecule has 23 heavy (non-hydrogen) atoms. The van der Waals surface area contributed by atoms with E-state index in [1.165, 1.54) is 5.69 Å². The number of hydrogen-bond acceptors (Lipinski definition) is 5. The number of hydrogen-bond donors (Lipinski definition) is 1. The van der Waals surface area contributed by atoms with Gasteiger partial charge in [-0.1, -0.05) is 11.8 Å². The molecule has 2 aromatic heterocycles. The first kappa shape index (κ1) is 15.0. The molecule has 1 fully saturated rings. The van der Waals surface area contributed by atoms with Crippen LogP contribution < -0.4 is 5.56 Å². The Morgan fingerprint density at radius 2 is 2.30 bits per heavy atom. The van der Waals surface area contributed by atoms with Crippen LogP contribution in [-0.2, 0) is 29.9 Å². The lowest BCUT2D eigenvalue weighted by Gasteiger charge is -2.25. The van der Waals surface area contributed by atoms with Crippen molar-refractivity contribution in [2.24, 2.45) is 0 Å². The molecule has 2 aromatic rings. The number of ether oxygens (including phenoxy) is 1. The molecule has 0 aromatic carbocycles. The van der Waals surface area contributed by atoms with Gasteiger partial charge in [-0.15, -0.1) is 0 Å². The van der Waals surface area contributed by atoms with Gasteiger partial charge in [-0.3, -0.25) is 4.79 Å². The van der Waals surface area contributed by atoms with Crippen LogP contribution in [0.1, 0.15) is 41.9 Å². The SMILES string of the molecule is CCn1cnc(C2COC2)c1CSc1nc2c(c(=O)[nH]1)CCC2. The molecule has 4 rings (SSSR count). The number of nitrogens with zero attached hydrogens (tertiary/aromatic N) is 3. The second kappa shape index (κ2) is 6.13. The molecule has 3 heterocycles. The summed E-state index contributed by atoms with van der Waals surface area (Å²) >= 11 is 1.59. The first-order chi connectivity index (χ1) is 11.3. The smallest absolute Gasteiger partial charge is 0.254 e. The molecule has 6 nitrogen and oxygen atoms in total. The lowest BCUT2D eigenvalue weighted by molar-refractivity contribution is 0.00652. The van der Waals surface area contributed by atoms with Crippen molar-refractivity contribution in [1.29, 1.82) is 0 Å². The molecule has 0 spiro atoms. The fourth-order valence-corrected chi connectivity index (χ4v) is 4.14. The average molecular weight is 332 g/mol. The topological polar surface area (TPSA) is 72.8 Å². The fraction of sp³-hybridized carbons (Fsp3) is 0.562. The third-order valence-corrected chi connectivity index (χ3v) is 5.49. The van der Waals surface area contributed by atoms with Crippen LogP contribution in [0.2, 0.25) is 0 Å². The summed E-state index contributed by atoms with van der Waals surface area (Å²) in [6.07, 6.45) is 4.72. The van der Waals surface area contributed by atoms with E-state index < -0.39 is 0 Å². The molecule has 1 saturated heterocycles. The predicted octanol–water partition coefficient (Wildman–Crippen LogP) is 1.88. The molecular formula is C16H20N4O2S. The number of aromatic nitrogens is 4. The van der Waals surface area contributed by atoms with Crippen LogP contribution >= 0.6 is 11.8 Å². The summed E-state index contributed by atoms with van der Waals surface area (Å²) < 4.78 is 7.47. The highest BCUT2D eigenvalue weighted by Crippen LogP contribution is 2.30. The zero-order valence-corrected chi connectivity index (χ0v) is 14.0. The van der Waals surface area contributed by atoms with Crippen molar-refractivity contribution in [3.05, 3.63) is 39.3 Å². The number of H-pyrrole nitrogens is 1. The van der Waals surface area contributed by atoms with Gasteiger partial charge >= 0.3 is 0 Å². The first-order valence-electron chi connectivity index (χ1n) is 8.12. The van der Waals surface area contributed by atoms with Gasteiger partial charge in [-0.05, 0) is 26.2 Å². The number of rotatable bonds is 5. The Kier molecular flexibility index (Phi) is 3.98. The zero-order valence-electron chi connectivity index (χ0n) is 13.2. The van der Waals surface area contributed by atoms with Crippen LogP contribution in [0.5, 0.6) is 0 Å². The van der Waals surface area contributed by atoms with Gasteiger partial charge in [-0.2, -0.15) is 0 Å². The molecule has 1 aliphatic heterocycles. The van der Waals surface area contributed by atoms with Crippen molar-refractivity contribution in [3.63, 3.8) is 0 Å². The Hall–Kier alpha value is -1.60. The molecule has 1 aliphatic carbocycles. The van der Waals surface area contributed by atoms with Crippen LogP contribution in [0, 0.1) is 0 Å². The quantitative estimate of drug-likeness (QED) is 0.668. The first-order valence-corrected chi connectivity index (χ1v) is 9.11. The van der Waals surface area contributed by atoms with Gasteiger partial charge in [0.1, 0.15) is 0 Å². The van der Waals surface area contributed by atoms with E-state index in [4.69, 9.17) is 4.74 Å². The molecule has 2 aliphatic rings. The van der Waals surface area contributed by atoms with Gasteiger partial charge in [0.2, 0.25) is 0 Å². The number of thioether (sulfide) groups is 1. The predicted molar refractivity (Wildman–Crippen MR) is 87.9 cm³/mol. The van der Waals surface area contributed by atoms with Crippen LogP contribution in [0.15, 0.2) is 16.3 Å². The molecule has 0 atom stereocenters. The van der Waals surface area contributed by atoms with Crippen molar-refractivity contribution >= 4 is 11.8 Å². The Morgan fingerprint density at radius 1 is 1.43 bits per heavy atom. The van der Waals surface area contributed by atoms with E-state index in [1.54, 1.807) is 11.8 Å². The van der Waals surface area contributed by atoms with Crippen LogP contribution in [0.3, 0.4) is 0 Å². The van der Waals surface area contributed by atoms with E-state index in [0.29, 0.717) is 5.92 Å². The fourth-order valence-electron chi connectivity index (χ4n) is 3.21.